The van der Waals surface area contributed by atoms with Gasteiger partial charge in [-0.15, -0.1) is 0 Å². The second-order valence-corrected chi connectivity index (χ2v) is 7.93. The van der Waals surface area contributed by atoms with Crippen molar-refractivity contribution in [2.24, 2.45) is 0 Å². The fraction of sp³-hybridized carbons (Fsp3) is 0.0741. The molecule has 3 aromatic carbocycles. The number of nitriles is 1. The Bertz CT molecular complexity index is 1490. The van der Waals surface area contributed by atoms with Gasteiger partial charge in [0, 0.05) is 28.4 Å². The number of anilines is 1. The lowest BCUT2D eigenvalue weighted by Gasteiger charge is -2.26. The van der Waals surface area contributed by atoms with Crippen LogP contribution in [0.3, 0.4) is 0 Å². The summed E-state index contributed by atoms with van der Waals surface area (Å²) in [7, 11) is 0. The highest BCUT2D eigenvalue weighted by atomic mass is 16.3. The third-order valence-electron chi connectivity index (χ3n) is 6.05. The van der Waals surface area contributed by atoms with Gasteiger partial charge >= 0.3 is 0 Å². The molecule has 4 aromatic rings. The number of amides is 1. The van der Waals surface area contributed by atoms with Gasteiger partial charge in [-0.05, 0) is 48.4 Å². The predicted octanol–water partition coefficient (Wildman–Crippen LogP) is 4.97. The first-order valence-electron chi connectivity index (χ1n) is 10.4. The van der Waals surface area contributed by atoms with Crippen molar-refractivity contribution < 1.29 is 14.7 Å². The lowest BCUT2D eigenvalue weighted by molar-refractivity contribution is -0.132. The van der Waals surface area contributed by atoms with Crippen LogP contribution < -0.4 is 4.90 Å². The first-order chi connectivity index (χ1) is 16.0. The van der Waals surface area contributed by atoms with E-state index in [-0.39, 0.29) is 11.3 Å². The molecule has 0 spiro atoms. The van der Waals surface area contributed by atoms with E-state index < -0.39 is 17.7 Å². The molecule has 2 N–H and O–H groups in total. The first-order valence-corrected chi connectivity index (χ1v) is 10.4. The van der Waals surface area contributed by atoms with Gasteiger partial charge in [-0.2, -0.15) is 5.26 Å². The van der Waals surface area contributed by atoms with Gasteiger partial charge in [0.05, 0.1) is 23.2 Å². The maximum Gasteiger partial charge on any atom is 0.300 e. The van der Waals surface area contributed by atoms with Gasteiger partial charge in [0.15, 0.2) is 0 Å². The van der Waals surface area contributed by atoms with Crippen LogP contribution in [0.25, 0.3) is 16.7 Å². The molecule has 1 aliphatic rings. The van der Waals surface area contributed by atoms with Gasteiger partial charge in [0.1, 0.15) is 5.76 Å². The molecule has 33 heavy (non-hydrogen) atoms. The second kappa shape index (κ2) is 7.81. The number of benzene rings is 3. The zero-order chi connectivity index (χ0) is 23.1. The summed E-state index contributed by atoms with van der Waals surface area (Å²) < 4.78 is 0. The van der Waals surface area contributed by atoms with Crippen LogP contribution in [-0.4, -0.2) is 21.8 Å². The molecule has 1 aliphatic heterocycles. The number of aryl methyl sites for hydroxylation is 1. The fourth-order valence-corrected chi connectivity index (χ4v) is 4.40. The molecular formula is C27H19N3O3. The summed E-state index contributed by atoms with van der Waals surface area (Å²) in [5, 5.41) is 21.3. The maximum absolute atomic E-state index is 13.3. The van der Waals surface area contributed by atoms with Crippen LogP contribution in [0.1, 0.15) is 28.3 Å². The minimum absolute atomic E-state index is 0.0309. The van der Waals surface area contributed by atoms with Gasteiger partial charge in [0.25, 0.3) is 11.7 Å². The number of fused-ring (bicyclic) bond motifs is 1. The van der Waals surface area contributed by atoms with E-state index >= 15 is 0 Å². The molecule has 0 aliphatic carbocycles. The van der Waals surface area contributed by atoms with E-state index in [0.717, 1.165) is 22.0 Å². The summed E-state index contributed by atoms with van der Waals surface area (Å²) in [4.78, 5) is 31.1. The van der Waals surface area contributed by atoms with E-state index in [2.05, 4.69) is 11.1 Å². The lowest BCUT2D eigenvalue weighted by atomic mass is 9.92. The van der Waals surface area contributed by atoms with Gasteiger partial charge in [-0.1, -0.05) is 42.5 Å². The highest BCUT2D eigenvalue weighted by molar-refractivity contribution is 6.51. The third kappa shape index (κ3) is 3.19. The number of para-hydroxylation sites is 1. The van der Waals surface area contributed by atoms with E-state index in [4.69, 9.17) is 5.26 Å². The van der Waals surface area contributed by atoms with Crippen molar-refractivity contribution in [1.82, 2.24) is 4.98 Å². The number of hydrogen-bond donors (Lipinski definition) is 2. The van der Waals surface area contributed by atoms with Gasteiger partial charge in [0.2, 0.25) is 0 Å². The van der Waals surface area contributed by atoms with Crippen molar-refractivity contribution in [3.8, 4) is 6.07 Å². The molecule has 1 aromatic heterocycles. The summed E-state index contributed by atoms with van der Waals surface area (Å²) in [6.07, 6.45) is 1.64. The topological polar surface area (TPSA) is 97.2 Å². The third-order valence-corrected chi connectivity index (χ3v) is 6.05. The van der Waals surface area contributed by atoms with E-state index in [0.29, 0.717) is 16.8 Å². The molecule has 160 valence electrons. The summed E-state index contributed by atoms with van der Waals surface area (Å²) in [5.41, 5.74) is 3.84. The SMILES string of the molecule is Cc1ccccc1C1/C(=C(\O)c2c[nH]c3ccccc23)C(=O)C(=O)N1c1ccc(C#N)cc1. The van der Waals surface area contributed by atoms with Crippen LogP contribution in [0.4, 0.5) is 5.69 Å². The Balaban J connectivity index is 1.76. The second-order valence-electron chi connectivity index (χ2n) is 7.93. The Morgan fingerprint density at radius 1 is 1.00 bits per heavy atom. The molecule has 5 rings (SSSR count). The number of nitrogens with one attached hydrogen (secondary N) is 1. The van der Waals surface area contributed by atoms with E-state index in [9.17, 15) is 14.7 Å². The standard InChI is InChI=1S/C27H19N3O3/c1-16-6-2-3-7-19(16)24-23(25(31)21-15-29-22-9-5-4-8-20(21)22)26(32)27(33)30(24)18-12-10-17(14-28)11-13-18/h2-13,15,24,29,31H,1H3/b25-23+. The van der Waals surface area contributed by atoms with E-state index in [1.807, 2.05) is 55.5 Å². The summed E-state index contributed by atoms with van der Waals surface area (Å²) in [6.45, 7) is 1.90. The number of aromatic amines is 1. The van der Waals surface area contributed by atoms with Crippen LogP contribution in [0.5, 0.6) is 0 Å². The van der Waals surface area contributed by atoms with Crippen molar-refractivity contribution in [2.45, 2.75) is 13.0 Å². The molecule has 1 unspecified atom stereocenters. The van der Waals surface area contributed by atoms with Crippen LogP contribution in [-0.2, 0) is 9.59 Å². The molecular weight excluding hydrogens is 414 g/mol. The number of carbonyl (C=O) groups is 2. The largest absolute Gasteiger partial charge is 0.507 e. The Kier molecular flexibility index (Phi) is 4.80. The Morgan fingerprint density at radius 3 is 2.42 bits per heavy atom. The Morgan fingerprint density at radius 2 is 1.70 bits per heavy atom. The van der Waals surface area contributed by atoms with Crippen molar-refractivity contribution in [3.63, 3.8) is 0 Å². The number of aliphatic hydroxyl groups excluding tert-OH is 1. The number of ketones is 1. The van der Waals surface area contributed by atoms with E-state index in [1.165, 1.54) is 4.90 Å². The van der Waals surface area contributed by atoms with Crippen molar-refractivity contribution >= 4 is 34.0 Å². The van der Waals surface area contributed by atoms with Crippen molar-refractivity contribution in [3.05, 3.63) is 107 Å². The number of aromatic nitrogens is 1. The minimum Gasteiger partial charge on any atom is -0.507 e. The summed E-state index contributed by atoms with van der Waals surface area (Å²) in [6, 6.07) is 22.6. The molecule has 1 amide bonds. The fourth-order valence-electron chi connectivity index (χ4n) is 4.40. The molecule has 6 nitrogen and oxygen atoms in total. The molecule has 1 saturated heterocycles. The van der Waals surface area contributed by atoms with Crippen LogP contribution in [0.15, 0.2) is 84.6 Å². The average Bonchev–Trinajstić information content (AvgIpc) is 3.38. The first kappa shape index (κ1) is 20.3. The maximum atomic E-state index is 13.3. The molecule has 0 bridgehead atoms. The number of aliphatic hydroxyl groups is 1. The highest BCUT2D eigenvalue weighted by Gasteiger charge is 2.47. The zero-order valence-electron chi connectivity index (χ0n) is 17.7. The number of nitrogens with zero attached hydrogens (tertiary/aromatic N) is 2. The van der Waals surface area contributed by atoms with Gasteiger partial charge in [-0.3, -0.25) is 14.5 Å². The quantitative estimate of drug-likeness (QED) is 0.271. The summed E-state index contributed by atoms with van der Waals surface area (Å²) in [5.74, 6) is -1.71. The normalized spacial score (nSPS) is 17.5. The molecule has 6 heteroatoms. The summed E-state index contributed by atoms with van der Waals surface area (Å²) >= 11 is 0. The molecule has 1 atom stereocenters. The number of carbonyl (C=O) groups excluding carboxylic acids is 2. The monoisotopic (exact) mass is 433 g/mol. The Labute approximate surface area is 190 Å². The number of rotatable bonds is 3. The van der Waals surface area contributed by atoms with Crippen LogP contribution >= 0.6 is 0 Å². The zero-order valence-corrected chi connectivity index (χ0v) is 17.7. The van der Waals surface area contributed by atoms with Gasteiger partial charge < -0.3 is 10.1 Å². The highest BCUT2D eigenvalue weighted by Crippen LogP contribution is 2.43. The molecule has 1 fully saturated rings. The van der Waals surface area contributed by atoms with Crippen LogP contribution in [0, 0.1) is 18.3 Å². The lowest BCUT2D eigenvalue weighted by Crippen LogP contribution is -2.29. The molecule has 0 radical (unpaired) electrons. The van der Waals surface area contributed by atoms with Crippen molar-refractivity contribution in [2.75, 3.05) is 4.90 Å². The molecule has 0 saturated carbocycles. The van der Waals surface area contributed by atoms with Gasteiger partial charge in [-0.25, -0.2) is 0 Å². The predicted molar refractivity (Wildman–Crippen MR) is 125 cm³/mol. The van der Waals surface area contributed by atoms with E-state index in [1.54, 1.807) is 30.5 Å². The minimum atomic E-state index is -0.812. The number of H-pyrrole nitrogens is 1. The molecule has 2 heterocycles. The van der Waals surface area contributed by atoms with Crippen LogP contribution in [0.2, 0.25) is 0 Å². The Hall–Kier alpha value is -4.63. The smallest absolute Gasteiger partial charge is 0.300 e. The number of Topliss-reactive ketones (excluding diaryl/α,β-unsaturated/α-hetero) is 1. The average molecular weight is 433 g/mol. The van der Waals surface area contributed by atoms with Crippen molar-refractivity contribution in [1.29, 1.82) is 5.26 Å². The number of hydrogen-bond acceptors (Lipinski definition) is 4.